The lowest BCUT2D eigenvalue weighted by Crippen LogP contribution is -2.21. The number of anilines is 1. The molecule has 100 valence electrons. The Morgan fingerprint density at radius 3 is 2.84 bits per heavy atom. The molecule has 2 aromatic rings. The van der Waals surface area contributed by atoms with Gasteiger partial charge in [0.15, 0.2) is 0 Å². The zero-order valence-electron chi connectivity index (χ0n) is 9.95. The number of rotatable bonds is 3. The molecule has 4 nitrogen and oxygen atoms in total. The van der Waals surface area contributed by atoms with Crippen molar-refractivity contribution >= 4 is 49.1 Å². The molecule has 0 aliphatic heterocycles. The summed E-state index contributed by atoms with van der Waals surface area (Å²) in [6.45, 7) is 0.513. The quantitative estimate of drug-likeness (QED) is 0.846. The van der Waals surface area contributed by atoms with Crippen LogP contribution in [-0.2, 0) is 13.6 Å². The van der Waals surface area contributed by atoms with E-state index in [9.17, 15) is 4.79 Å². The van der Waals surface area contributed by atoms with E-state index in [1.807, 2.05) is 18.2 Å². The van der Waals surface area contributed by atoms with Crippen molar-refractivity contribution in [2.45, 2.75) is 6.54 Å². The predicted molar refractivity (Wildman–Crippen MR) is 83.7 cm³/mol. The Morgan fingerprint density at radius 1 is 1.42 bits per heavy atom. The standard InChI is InChI=1S/C12H10Br2ClN3O/c1-18-12(19)11(14)10(6-17-18)16-5-7-2-3-8(13)4-9(7)15/h2-4,6,16H,5H2,1H3. The van der Waals surface area contributed by atoms with Crippen LogP contribution in [0.2, 0.25) is 5.02 Å². The van der Waals surface area contributed by atoms with Crippen LogP contribution < -0.4 is 10.9 Å². The number of benzene rings is 1. The maximum Gasteiger partial charge on any atom is 0.282 e. The average Bonchev–Trinajstić information content (AvgIpc) is 2.37. The first-order valence-electron chi connectivity index (χ1n) is 5.38. The number of hydrogen-bond donors (Lipinski definition) is 1. The lowest BCUT2D eigenvalue weighted by molar-refractivity contribution is 0.703. The van der Waals surface area contributed by atoms with E-state index in [2.05, 4.69) is 42.3 Å². The Kier molecular flexibility index (Phi) is 4.65. The lowest BCUT2D eigenvalue weighted by Gasteiger charge is -2.10. The summed E-state index contributed by atoms with van der Waals surface area (Å²) in [5.74, 6) is 0. The highest BCUT2D eigenvalue weighted by molar-refractivity contribution is 9.10. The number of halogens is 3. The molecule has 0 bridgehead atoms. The van der Waals surface area contributed by atoms with Gasteiger partial charge in [-0.1, -0.05) is 33.6 Å². The summed E-state index contributed by atoms with van der Waals surface area (Å²) >= 11 is 12.7. The fourth-order valence-electron chi connectivity index (χ4n) is 1.49. The first-order valence-corrected chi connectivity index (χ1v) is 7.35. The highest BCUT2D eigenvalue weighted by Gasteiger charge is 2.07. The summed E-state index contributed by atoms with van der Waals surface area (Å²) in [6, 6.07) is 5.66. The topological polar surface area (TPSA) is 46.9 Å². The van der Waals surface area contributed by atoms with Gasteiger partial charge in [0.2, 0.25) is 0 Å². The van der Waals surface area contributed by atoms with Crippen LogP contribution in [0.15, 0.2) is 38.1 Å². The van der Waals surface area contributed by atoms with E-state index in [0.29, 0.717) is 21.7 Å². The summed E-state index contributed by atoms with van der Waals surface area (Å²) in [6.07, 6.45) is 1.60. The molecule has 0 fully saturated rings. The highest BCUT2D eigenvalue weighted by atomic mass is 79.9. The monoisotopic (exact) mass is 405 g/mol. The molecule has 0 saturated carbocycles. The molecule has 0 spiro atoms. The minimum Gasteiger partial charge on any atom is -0.379 e. The van der Waals surface area contributed by atoms with Crippen molar-refractivity contribution in [1.82, 2.24) is 9.78 Å². The van der Waals surface area contributed by atoms with Gasteiger partial charge in [-0.05, 0) is 33.6 Å². The van der Waals surface area contributed by atoms with Gasteiger partial charge in [0.1, 0.15) is 4.47 Å². The summed E-state index contributed by atoms with van der Waals surface area (Å²) in [5.41, 5.74) is 1.39. The molecule has 0 amide bonds. The third kappa shape index (κ3) is 3.38. The summed E-state index contributed by atoms with van der Waals surface area (Å²) in [4.78, 5) is 11.7. The third-order valence-electron chi connectivity index (χ3n) is 2.56. The maximum absolute atomic E-state index is 11.7. The molecule has 19 heavy (non-hydrogen) atoms. The minimum atomic E-state index is -0.188. The number of aromatic nitrogens is 2. The van der Waals surface area contributed by atoms with E-state index in [-0.39, 0.29) is 5.56 Å². The molecule has 2 rings (SSSR count). The zero-order chi connectivity index (χ0) is 14.0. The summed E-state index contributed by atoms with van der Waals surface area (Å²) in [5, 5.41) is 7.76. The van der Waals surface area contributed by atoms with E-state index in [1.54, 1.807) is 13.2 Å². The molecule has 1 aromatic carbocycles. The van der Waals surface area contributed by atoms with Crippen molar-refractivity contribution in [1.29, 1.82) is 0 Å². The van der Waals surface area contributed by atoms with Crippen LogP contribution >= 0.6 is 43.5 Å². The van der Waals surface area contributed by atoms with Crippen LogP contribution in [0.1, 0.15) is 5.56 Å². The van der Waals surface area contributed by atoms with E-state index in [0.717, 1.165) is 10.0 Å². The van der Waals surface area contributed by atoms with Gasteiger partial charge in [-0.25, -0.2) is 4.68 Å². The smallest absolute Gasteiger partial charge is 0.282 e. The Bertz CT molecular complexity index is 673. The van der Waals surface area contributed by atoms with E-state index in [1.165, 1.54) is 4.68 Å². The minimum absolute atomic E-state index is 0.188. The van der Waals surface area contributed by atoms with Crippen LogP contribution in [0.4, 0.5) is 5.69 Å². The van der Waals surface area contributed by atoms with Crippen LogP contribution in [0.3, 0.4) is 0 Å². The van der Waals surface area contributed by atoms with Gasteiger partial charge < -0.3 is 5.32 Å². The Balaban J connectivity index is 2.19. The van der Waals surface area contributed by atoms with Gasteiger partial charge in [-0.3, -0.25) is 4.79 Å². The van der Waals surface area contributed by atoms with Gasteiger partial charge in [-0.2, -0.15) is 5.10 Å². The lowest BCUT2D eigenvalue weighted by atomic mass is 10.2. The van der Waals surface area contributed by atoms with E-state index in [4.69, 9.17) is 11.6 Å². The second-order valence-electron chi connectivity index (χ2n) is 3.89. The fourth-order valence-corrected chi connectivity index (χ4v) is 2.73. The number of aryl methyl sites for hydroxylation is 1. The number of nitrogens with one attached hydrogen (secondary N) is 1. The molecular formula is C12H10Br2ClN3O. The fraction of sp³-hybridized carbons (Fsp3) is 0.167. The average molecular weight is 407 g/mol. The maximum atomic E-state index is 11.7. The van der Waals surface area contributed by atoms with Gasteiger partial charge in [0.05, 0.1) is 11.9 Å². The molecule has 0 radical (unpaired) electrons. The van der Waals surface area contributed by atoms with Crippen molar-refractivity contribution in [3.8, 4) is 0 Å². The van der Waals surface area contributed by atoms with Crippen LogP contribution in [0, 0.1) is 0 Å². The Labute approximate surface area is 132 Å². The van der Waals surface area contributed by atoms with Crippen LogP contribution in [-0.4, -0.2) is 9.78 Å². The van der Waals surface area contributed by atoms with Gasteiger partial charge in [0.25, 0.3) is 5.56 Å². The molecule has 0 aliphatic rings. The van der Waals surface area contributed by atoms with E-state index >= 15 is 0 Å². The van der Waals surface area contributed by atoms with Crippen molar-refractivity contribution in [2.24, 2.45) is 7.05 Å². The van der Waals surface area contributed by atoms with Crippen LogP contribution in [0.25, 0.3) is 0 Å². The van der Waals surface area contributed by atoms with Crippen molar-refractivity contribution < 1.29 is 0 Å². The van der Waals surface area contributed by atoms with Crippen LogP contribution in [0.5, 0.6) is 0 Å². The van der Waals surface area contributed by atoms with E-state index < -0.39 is 0 Å². The molecule has 1 N–H and O–H groups in total. The molecule has 7 heteroatoms. The summed E-state index contributed by atoms with van der Waals surface area (Å²) < 4.78 is 2.65. The van der Waals surface area contributed by atoms with Gasteiger partial charge >= 0.3 is 0 Å². The zero-order valence-corrected chi connectivity index (χ0v) is 13.9. The first-order chi connectivity index (χ1) is 8.99. The molecule has 0 aliphatic carbocycles. The third-order valence-corrected chi connectivity index (χ3v) is 4.17. The molecule has 0 atom stereocenters. The molecular weight excluding hydrogens is 397 g/mol. The Morgan fingerprint density at radius 2 is 2.16 bits per heavy atom. The molecule has 1 heterocycles. The van der Waals surface area contributed by atoms with Crippen molar-refractivity contribution in [3.63, 3.8) is 0 Å². The second kappa shape index (κ2) is 6.07. The number of hydrogen-bond acceptors (Lipinski definition) is 3. The first kappa shape index (κ1) is 14.6. The molecule has 0 saturated heterocycles. The van der Waals surface area contributed by atoms with Crippen molar-refractivity contribution in [3.05, 3.63) is 54.3 Å². The predicted octanol–water partition coefficient (Wildman–Crippen LogP) is 3.57. The molecule has 1 aromatic heterocycles. The van der Waals surface area contributed by atoms with Gasteiger partial charge in [-0.15, -0.1) is 0 Å². The number of nitrogens with zero attached hydrogens (tertiary/aromatic N) is 2. The summed E-state index contributed by atoms with van der Waals surface area (Å²) in [7, 11) is 1.60. The van der Waals surface area contributed by atoms with Gasteiger partial charge in [0, 0.05) is 23.1 Å². The normalized spacial score (nSPS) is 10.5. The molecule has 0 unspecified atom stereocenters. The Hall–Kier alpha value is -0.850. The largest absolute Gasteiger partial charge is 0.379 e. The van der Waals surface area contributed by atoms with Crippen molar-refractivity contribution in [2.75, 3.05) is 5.32 Å². The second-order valence-corrected chi connectivity index (χ2v) is 6.01. The highest BCUT2D eigenvalue weighted by Crippen LogP contribution is 2.23. The SMILES string of the molecule is Cn1ncc(NCc2ccc(Br)cc2Cl)c(Br)c1=O.